The lowest BCUT2D eigenvalue weighted by atomic mass is 10.1. The number of hydrogen-bond acceptors (Lipinski definition) is 4. The van der Waals surface area contributed by atoms with Crippen molar-refractivity contribution in [1.29, 1.82) is 0 Å². The molecule has 1 atom stereocenters. The fraction of sp³-hybridized carbons (Fsp3) is 0.368. The molecular formula is C19H28Cl2N4O. The molecule has 0 fully saturated rings. The third-order valence-corrected chi connectivity index (χ3v) is 4.08. The van der Waals surface area contributed by atoms with Crippen LogP contribution < -0.4 is 16.0 Å². The number of carbonyl (C=O) groups excluding carboxylic acids is 1. The minimum Gasteiger partial charge on any atom is -0.357 e. The van der Waals surface area contributed by atoms with E-state index in [1.54, 1.807) is 6.20 Å². The van der Waals surface area contributed by atoms with Crippen molar-refractivity contribution in [2.75, 3.05) is 18.0 Å². The van der Waals surface area contributed by atoms with Crippen LogP contribution in [0.3, 0.4) is 0 Å². The van der Waals surface area contributed by atoms with Gasteiger partial charge in [0.1, 0.15) is 11.9 Å². The van der Waals surface area contributed by atoms with Crippen LogP contribution in [0.4, 0.5) is 5.82 Å². The number of amides is 1. The Balaban J connectivity index is 0.00000312. The van der Waals surface area contributed by atoms with Crippen LogP contribution in [-0.2, 0) is 11.3 Å². The summed E-state index contributed by atoms with van der Waals surface area (Å²) in [5.74, 6) is 0.762. The van der Waals surface area contributed by atoms with E-state index in [0.717, 1.165) is 35.6 Å². The zero-order chi connectivity index (χ0) is 17.5. The lowest BCUT2D eigenvalue weighted by Gasteiger charge is -2.19. The number of carbonyl (C=O) groups is 1. The number of nitrogens with two attached hydrogens (primary N) is 1. The Morgan fingerprint density at radius 3 is 2.23 bits per heavy atom. The molecule has 2 aromatic rings. The Kier molecular flexibility index (Phi) is 10.9. The molecular weight excluding hydrogens is 371 g/mol. The van der Waals surface area contributed by atoms with Crippen molar-refractivity contribution in [2.45, 2.75) is 33.4 Å². The highest BCUT2D eigenvalue weighted by Crippen LogP contribution is 2.13. The monoisotopic (exact) mass is 398 g/mol. The first-order valence-electron chi connectivity index (χ1n) is 8.34. The lowest BCUT2D eigenvalue weighted by molar-refractivity contribution is -0.122. The molecule has 2 rings (SSSR count). The van der Waals surface area contributed by atoms with Crippen molar-refractivity contribution in [3.8, 4) is 0 Å². The minimum absolute atomic E-state index is 0. The van der Waals surface area contributed by atoms with Crippen molar-refractivity contribution in [3.05, 3.63) is 59.3 Å². The zero-order valence-corrected chi connectivity index (χ0v) is 17.1. The van der Waals surface area contributed by atoms with E-state index in [9.17, 15) is 4.79 Å². The van der Waals surface area contributed by atoms with E-state index >= 15 is 0 Å². The SMILES string of the molecule is CCN(CC)c1ccc(CNC(=O)C(N)c2ccc(C)cc2)cn1.Cl.Cl. The molecule has 0 saturated carbocycles. The second-order valence-electron chi connectivity index (χ2n) is 5.80. The number of nitrogens with one attached hydrogen (secondary N) is 1. The third-order valence-electron chi connectivity index (χ3n) is 4.08. The van der Waals surface area contributed by atoms with Gasteiger partial charge in [0.05, 0.1) is 0 Å². The first-order valence-corrected chi connectivity index (χ1v) is 8.34. The molecule has 1 heterocycles. The highest BCUT2D eigenvalue weighted by Gasteiger charge is 2.15. The summed E-state index contributed by atoms with van der Waals surface area (Å²) >= 11 is 0. The second-order valence-corrected chi connectivity index (χ2v) is 5.80. The highest BCUT2D eigenvalue weighted by atomic mass is 35.5. The molecule has 5 nitrogen and oxygen atoms in total. The molecule has 3 N–H and O–H groups in total. The number of hydrogen-bond donors (Lipinski definition) is 2. The van der Waals surface area contributed by atoms with E-state index in [2.05, 4.69) is 29.0 Å². The molecule has 0 saturated heterocycles. The molecule has 0 radical (unpaired) electrons. The van der Waals surface area contributed by atoms with E-state index in [1.165, 1.54) is 0 Å². The van der Waals surface area contributed by atoms with Gasteiger partial charge in [0, 0.05) is 25.8 Å². The van der Waals surface area contributed by atoms with Crippen LogP contribution in [0.15, 0.2) is 42.6 Å². The van der Waals surface area contributed by atoms with Gasteiger partial charge in [-0.1, -0.05) is 35.9 Å². The maximum Gasteiger partial charge on any atom is 0.241 e. The molecule has 1 aromatic heterocycles. The number of nitrogens with zero attached hydrogens (tertiary/aromatic N) is 2. The first kappa shape index (κ1) is 24.2. The van der Waals surface area contributed by atoms with Gasteiger partial charge >= 0.3 is 0 Å². The summed E-state index contributed by atoms with van der Waals surface area (Å²) in [6.45, 7) is 8.47. The van der Waals surface area contributed by atoms with Crippen molar-refractivity contribution in [3.63, 3.8) is 0 Å². The van der Waals surface area contributed by atoms with E-state index in [-0.39, 0.29) is 30.7 Å². The van der Waals surface area contributed by atoms with Crippen LogP contribution in [0.2, 0.25) is 0 Å². The Morgan fingerprint density at radius 2 is 1.73 bits per heavy atom. The van der Waals surface area contributed by atoms with Gasteiger partial charge in [0.2, 0.25) is 5.91 Å². The molecule has 7 heteroatoms. The van der Waals surface area contributed by atoms with E-state index in [1.807, 2.05) is 43.3 Å². The molecule has 0 aliphatic heterocycles. The third kappa shape index (κ3) is 6.48. The average molecular weight is 399 g/mol. The summed E-state index contributed by atoms with van der Waals surface area (Å²) in [7, 11) is 0. The summed E-state index contributed by atoms with van der Waals surface area (Å²) < 4.78 is 0. The molecule has 26 heavy (non-hydrogen) atoms. The molecule has 1 aromatic carbocycles. The summed E-state index contributed by atoms with van der Waals surface area (Å²) in [6, 6.07) is 11.0. The summed E-state index contributed by atoms with van der Waals surface area (Å²) in [5, 5.41) is 2.87. The quantitative estimate of drug-likeness (QED) is 0.749. The van der Waals surface area contributed by atoms with Crippen molar-refractivity contribution in [1.82, 2.24) is 10.3 Å². The van der Waals surface area contributed by atoms with Gasteiger partial charge in [-0.25, -0.2) is 4.98 Å². The molecule has 1 amide bonds. The van der Waals surface area contributed by atoms with Crippen LogP contribution in [-0.4, -0.2) is 24.0 Å². The number of anilines is 1. The number of aryl methyl sites for hydroxylation is 1. The standard InChI is InChI=1S/C19H26N4O.2ClH/c1-4-23(5-2)17-11-8-15(12-21-17)13-22-19(24)18(20)16-9-6-14(3)7-10-16;;/h6-12,18H,4-5,13,20H2,1-3H3,(H,22,24);2*1H. The molecule has 144 valence electrons. The molecule has 0 bridgehead atoms. The molecule has 0 aliphatic rings. The number of aromatic nitrogens is 1. The zero-order valence-electron chi connectivity index (χ0n) is 15.4. The largest absolute Gasteiger partial charge is 0.357 e. The fourth-order valence-corrected chi connectivity index (χ4v) is 2.48. The average Bonchev–Trinajstić information content (AvgIpc) is 2.62. The highest BCUT2D eigenvalue weighted by molar-refractivity contribution is 5.85. The van der Waals surface area contributed by atoms with Gasteiger partial charge < -0.3 is 16.0 Å². The number of pyridine rings is 1. The Labute approximate surface area is 168 Å². The fourth-order valence-electron chi connectivity index (χ4n) is 2.48. The minimum atomic E-state index is -0.659. The van der Waals surface area contributed by atoms with Crippen molar-refractivity contribution in [2.24, 2.45) is 5.73 Å². The first-order chi connectivity index (χ1) is 11.5. The van der Waals surface area contributed by atoms with Gasteiger partial charge in [-0.15, -0.1) is 24.8 Å². The topological polar surface area (TPSA) is 71.2 Å². The predicted molar refractivity (Wildman–Crippen MR) is 112 cm³/mol. The number of rotatable bonds is 7. The smallest absolute Gasteiger partial charge is 0.241 e. The second kappa shape index (κ2) is 11.7. The molecule has 0 aliphatic carbocycles. The predicted octanol–water partition coefficient (Wildman–Crippen LogP) is 3.40. The van der Waals surface area contributed by atoms with Gasteiger partial charge in [0.15, 0.2) is 0 Å². The number of benzene rings is 1. The van der Waals surface area contributed by atoms with Crippen LogP contribution in [0.25, 0.3) is 0 Å². The van der Waals surface area contributed by atoms with Crippen molar-refractivity contribution >= 4 is 36.5 Å². The van der Waals surface area contributed by atoms with Crippen LogP contribution >= 0.6 is 24.8 Å². The summed E-state index contributed by atoms with van der Waals surface area (Å²) in [6.07, 6.45) is 1.80. The van der Waals surface area contributed by atoms with Gasteiger partial charge in [0.25, 0.3) is 0 Å². The van der Waals surface area contributed by atoms with Gasteiger partial charge in [-0.2, -0.15) is 0 Å². The Morgan fingerprint density at radius 1 is 1.12 bits per heavy atom. The van der Waals surface area contributed by atoms with Gasteiger partial charge in [-0.3, -0.25) is 4.79 Å². The summed E-state index contributed by atoms with van der Waals surface area (Å²) in [4.78, 5) is 18.8. The van der Waals surface area contributed by atoms with Gasteiger partial charge in [-0.05, 0) is 38.0 Å². The Bertz CT molecular complexity index is 658. The normalized spacial score (nSPS) is 10.9. The van der Waals surface area contributed by atoms with Crippen LogP contribution in [0, 0.1) is 6.92 Å². The lowest BCUT2D eigenvalue weighted by Crippen LogP contribution is -2.33. The Hall–Kier alpha value is -1.82. The van der Waals surface area contributed by atoms with E-state index in [4.69, 9.17) is 5.73 Å². The molecule has 0 spiro atoms. The van der Waals surface area contributed by atoms with E-state index < -0.39 is 6.04 Å². The van der Waals surface area contributed by atoms with Crippen LogP contribution in [0.5, 0.6) is 0 Å². The summed E-state index contributed by atoms with van der Waals surface area (Å²) in [5.41, 5.74) is 8.93. The maximum atomic E-state index is 12.2. The molecule has 1 unspecified atom stereocenters. The van der Waals surface area contributed by atoms with E-state index in [0.29, 0.717) is 6.54 Å². The maximum absolute atomic E-state index is 12.2. The van der Waals surface area contributed by atoms with Crippen LogP contribution in [0.1, 0.15) is 36.6 Å². The number of halogens is 2. The van der Waals surface area contributed by atoms with Crippen molar-refractivity contribution < 1.29 is 4.79 Å².